The third-order valence-electron chi connectivity index (χ3n) is 3.90. The first-order valence-electron chi connectivity index (χ1n) is 7.80. The van der Waals surface area contributed by atoms with Crippen LogP contribution in [0.15, 0.2) is 60.8 Å². The summed E-state index contributed by atoms with van der Waals surface area (Å²) in [4.78, 5) is 7.84. The van der Waals surface area contributed by atoms with Crippen molar-refractivity contribution in [2.75, 3.05) is 7.11 Å². The Labute approximate surface area is 157 Å². The van der Waals surface area contributed by atoms with Crippen LogP contribution in [0.2, 0.25) is 0 Å². The third-order valence-corrected chi connectivity index (χ3v) is 6.35. The van der Waals surface area contributed by atoms with Crippen molar-refractivity contribution in [2.24, 2.45) is 0 Å². The smallest absolute Gasteiger partial charge is 0.212 e. The van der Waals surface area contributed by atoms with Gasteiger partial charge in [0.05, 0.1) is 7.11 Å². The van der Waals surface area contributed by atoms with Gasteiger partial charge in [-0.1, -0.05) is 6.07 Å². The molecule has 0 atom stereocenters. The monoisotopic (exact) mass is 385 g/mol. The normalized spacial score (nSPS) is 10.9. The fraction of sp³-hybridized carbons (Fsp3) is 0.0500. The van der Waals surface area contributed by atoms with Gasteiger partial charge in [-0.3, -0.25) is 0 Å². The predicted octanol–water partition coefficient (Wildman–Crippen LogP) is 6.49. The van der Waals surface area contributed by atoms with Crippen LogP contribution in [0.1, 0.15) is 0 Å². The molecule has 6 heteroatoms. The summed E-state index contributed by atoms with van der Waals surface area (Å²) in [5.41, 5.74) is 1.62. The van der Waals surface area contributed by atoms with Gasteiger partial charge in [0.2, 0.25) is 5.95 Å². The van der Waals surface area contributed by atoms with Gasteiger partial charge in [-0.15, -0.1) is 22.7 Å². The summed E-state index contributed by atoms with van der Waals surface area (Å²) in [6.45, 7) is 0. The van der Waals surface area contributed by atoms with Gasteiger partial charge in [0, 0.05) is 36.8 Å². The zero-order chi connectivity index (χ0) is 18.1. The molecule has 0 saturated carbocycles. The van der Waals surface area contributed by atoms with Crippen LogP contribution in [0, 0.1) is 11.8 Å². The van der Waals surface area contributed by atoms with Gasteiger partial charge in [0.1, 0.15) is 0 Å². The molecule has 0 unspecified atom stereocenters. The van der Waals surface area contributed by atoms with Gasteiger partial charge >= 0.3 is 0 Å². The molecule has 0 bridgehead atoms. The molecule has 0 saturated heterocycles. The average Bonchev–Trinajstić information content (AvgIpc) is 3.31. The molecule has 4 rings (SSSR count). The van der Waals surface area contributed by atoms with E-state index in [4.69, 9.17) is 4.74 Å². The minimum absolute atomic E-state index is 0.255. The first-order chi connectivity index (χ1) is 12.7. The molecule has 0 N–H and O–H groups in total. The number of methoxy groups -OCH3 is 1. The van der Waals surface area contributed by atoms with Gasteiger partial charge in [-0.05, 0) is 48.5 Å². The maximum absolute atomic E-state index is 13.9. The van der Waals surface area contributed by atoms with E-state index in [1.54, 1.807) is 34.8 Å². The first kappa shape index (κ1) is 16.9. The van der Waals surface area contributed by atoms with Gasteiger partial charge in [-0.2, -0.15) is 4.39 Å². The Kier molecular flexibility index (Phi) is 4.53. The van der Waals surface area contributed by atoms with E-state index in [1.165, 1.54) is 25.4 Å². The highest BCUT2D eigenvalue weighted by atomic mass is 32.1. The molecule has 0 spiro atoms. The number of para-hydroxylation sites is 1. The first-order valence-corrected chi connectivity index (χ1v) is 9.44. The van der Waals surface area contributed by atoms with Crippen molar-refractivity contribution in [3.05, 3.63) is 72.6 Å². The van der Waals surface area contributed by atoms with Crippen LogP contribution >= 0.6 is 22.7 Å². The number of benzene rings is 1. The Balaban J connectivity index is 1.67. The summed E-state index contributed by atoms with van der Waals surface area (Å²) in [6, 6.07) is 16.0. The van der Waals surface area contributed by atoms with E-state index in [0.717, 1.165) is 30.6 Å². The highest BCUT2D eigenvalue weighted by Crippen LogP contribution is 2.42. The highest BCUT2D eigenvalue weighted by molar-refractivity contribution is 7.25. The van der Waals surface area contributed by atoms with Crippen molar-refractivity contribution in [2.45, 2.75) is 0 Å². The predicted molar refractivity (Wildman–Crippen MR) is 103 cm³/mol. The van der Waals surface area contributed by atoms with Crippen molar-refractivity contribution in [3.63, 3.8) is 0 Å². The Hall–Kier alpha value is -2.57. The van der Waals surface area contributed by atoms with Crippen LogP contribution in [0.25, 0.3) is 30.6 Å². The van der Waals surface area contributed by atoms with Gasteiger partial charge in [0.15, 0.2) is 11.6 Å². The van der Waals surface area contributed by atoms with Crippen LogP contribution in [0.3, 0.4) is 0 Å². The van der Waals surface area contributed by atoms with E-state index in [0.29, 0.717) is 0 Å². The second kappa shape index (κ2) is 6.97. The minimum atomic E-state index is -0.488. The summed E-state index contributed by atoms with van der Waals surface area (Å²) in [6.07, 6.45) is 1.53. The van der Waals surface area contributed by atoms with Gasteiger partial charge in [0.25, 0.3) is 0 Å². The summed E-state index contributed by atoms with van der Waals surface area (Å²) in [7, 11) is 1.47. The van der Waals surface area contributed by atoms with E-state index < -0.39 is 5.95 Å². The van der Waals surface area contributed by atoms with Crippen LogP contribution in [-0.2, 0) is 0 Å². The highest BCUT2D eigenvalue weighted by Gasteiger charge is 2.14. The molecular weight excluding hydrogens is 372 g/mol. The lowest BCUT2D eigenvalue weighted by molar-refractivity contribution is 0.388. The van der Waals surface area contributed by atoms with Crippen molar-refractivity contribution in [1.82, 2.24) is 4.98 Å². The van der Waals surface area contributed by atoms with Crippen molar-refractivity contribution < 1.29 is 13.5 Å². The number of pyridine rings is 1. The number of halogens is 2. The molecule has 130 valence electrons. The van der Waals surface area contributed by atoms with Crippen molar-refractivity contribution in [3.8, 4) is 36.4 Å². The van der Waals surface area contributed by atoms with Crippen LogP contribution in [-0.4, -0.2) is 12.1 Å². The molecule has 0 amide bonds. The van der Waals surface area contributed by atoms with Crippen LogP contribution in [0.4, 0.5) is 8.78 Å². The maximum Gasteiger partial charge on any atom is 0.212 e. The summed E-state index contributed by atoms with van der Waals surface area (Å²) >= 11 is 3.19. The molecule has 0 aliphatic heterocycles. The lowest BCUT2D eigenvalue weighted by atomic mass is 10.1. The molecule has 3 aromatic heterocycles. The Morgan fingerprint density at radius 3 is 2.19 bits per heavy atom. The Bertz CT molecular complexity index is 1050. The second-order valence-electron chi connectivity index (χ2n) is 5.52. The molecule has 2 nitrogen and oxygen atoms in total. The summed E-state index contributed by atoms with van der Waals surface area (Å²) in [5, 5.41) is 0. The third kappa shape index (κ3) is 3.13. The van der Waals surface area contributed by atoms with E-state index >= 15 is 0 Å². The zero-order valence-electron chi connectivity index (χ0n) is 13.7. The van der Waals surface area contributed by atoms with Crippen molar-refractivity contribution >= 4 is 22.7 Å². The van der Waals surface area contributed by atoms with E-state index in [2.05, 4.69) is 4.98 Å². The second-order valence-corrected chi connectivity index (χ2v) is 7.69. The number of thiophene rings is 2. The van der Waals surface area contributed by atoms with Crippen LogP contribution < -0.4 is 4.74 Å². The molecule has 0 fully saturated rings. The molecule has 0 aliphatic rings. The molecule has 4 aromatic rings. The minimum Gasteiger partial charge on any atom is -0.493 e. The van der Waals surface area contributed by atoms with E-state index in [-0.39, 0.29) is 11.6 Å². The fourth-order valence-electron chi connectivity index (χ4n) is 2.67. The number of aromatic nitrogens is 1. The maximum atomic E-state index is 13.9. The molecule has 26 heavy (non-hydrogen) atoms. The number of ether oxygens (including phenoxy) is 1. The molecule has 0 radical (unpaired) electrons. The summed E-state index contributed by atoms with van der Waals surface area (Å²) in [5.74, 6) is -0.607. The molecule has 0 aliphatic carbocycles. The topological polar surface area (TPSA) is 22.1 Å². The number of rotatable bonds is 4. The average molecular weight is 385 g/mol. The SMILES string of the molecule is COc1c(F)cccc1-c1ccc(-c2ccc(-c3ccc(F)nc3)s2)s1. The van der Waals surface area contributed by atoms with E-state index in [9.17, 15) is 8.78 Å². The van der Waals surface area contributed by atoms with Gasteiger partial charge in [-0.25, -0.2) is 9.37 Å². The molecular formula is C20H13F2NOS2. The Morgan fingerprint density at radius 2 is 1.50 bits per heavy atom. The number of hydrogen-bond donors (Lipinski definition) is 0. The largest absolute Gasteiger partial charge is 0.493 e. The molecule has 1 aromatic carbocycles. The number of nitrogens with zero attached hydrogens (tertiary/aromatic N) is 1. The number of hydrogen-bond acceptors (Lipinski definition) is 4. The molecule has 3 heterocycles. The standard InChI is InChI=1S/C20H13F2NOS2/c1-24-20-13(3-2-4-14(20)21)16-7-9-18(26-16)17-8-6-15(25-17)12-5-10-19(22)23-11-12/h2-11H,1H3. The van der Waals surface area contributed by atoms with Crippen LogP contribution in [0.5, 0.6) is 5.75 Å². The fourth-order valence-corrected chi connectivity index (χ4v) is 4.79. The quantitative estimate of drug-likeness (QED) is 0.375. The van der Waals surface area contributed by atoms with Gasteiger partial charge < -0.3 is 4.74 Å². The zero-order valence-corrected chi connectivity index (χ0v) is 15.3. The van der Waals surface area contributed by atoms with Crippen molar-refractivity contribution in [1.29, 1.82) is 0 Å². The lowest BCUT2D eigenvalue weighted by Crippen LogP contribution is -1.90. The summed E-state index contributed by atoms with van der Waals surface area (Å²) < 4.78 is 32.1. The van der Waals surface area contributed by atoms with E-state index in [1.807, 2.05) is 30.3 Å². The Morgan fingerprint density at radius 1 is 0.808 bits per heavy atom. The lowest BCUT2D eigenvalue weighted by Gasteiger charge is -2.07.